The van der Waals surface area contributed by atoms with Gasteiger partial charge in [0.15, 0.2) is 11.4 Å². The lowest BCUT2D eigenvalue weighted by molar-refractivity contribution is -0.830. The number of nitrogens with two attached hydrogens (primary N) is 1. The zero-order chi connectivity index (χ0) is 21.6. The molecule has 7 heteroatoms. The van der Waals surface area contributed by atoms with Crippen molar-refractivity contribution in [1.29, 1.82) is 0 Å². The van der Waals surface area contributed by atoms with E-state index in [4.69, 9.17) is 4.84 Å². The van der Waals surface area contributed by atoms with Gasteiger partial charge >= 0.3 is 0 Å². The van der Waals surface area contributed by atoms with E-state index in [0.717, 1.165) is 16.8 Å². The molecule has 1 unspecified atom stereocenters. The van der Waals surface area contributed by atoms with E-state index in [2.05, 4.69) is 0 Å². The normalized spacial score (nSPS) is 19.5. The number of quaternary nitrogens is 1. The van der Waals surface area contributed by atoms with Crippen molar-refractivity contribution in [3.63, 3.8) is 0 Å². The van der Waals surface area contributed by atoms with Crippen LogP contribution in [0.3, 0.4) is 0 Å². The van der Waals surface area contributed by atoms with Gasteiger partial charge in [-0.2, -0.15) is 5.48 Å². The summed E-state index contributed by atoms with van der Waals surface area (Å²) < 4.78 is 13.5. The lowest BCUT2D eigenvalue weighted by Crippen LogP contribution is -2.76. The van der Waals surface area contributed by atoms with Crippen LogP contribution in [-0.4, -0.2) is 41.8 Å². The highest BCUT2D eigenvalue weighted by molar-refractivity contribution is 6.03. The Kier molecular flexibility index (Phi) is 4.57. The topological polar surface area (TPSA) is 66.5 Å². The maximum atomic E-state index is 13.6. The lowest BCUT2D eigenvalue weighted by Gasteiger charge is -2.40. The summed E-state index contributed by atoms with van der Waals surface area (Å²) in [6.07, 6.45) is 0. The Balaban J connectivity index is 1.73. The molecule has 1 saturated heterocycles. The average Bonchev–Trinajstić information content (AvgIpc) is 3.30. The van der Waals surface area contributed by atoms with Crippen molar-refractivity contribution in [2.75, 3.05) is 20.2 Å². The van der Waals surface area contributed by atoms with Gasteiger partial charge in [0.05, 0.1) is 7.11 Å². The summed E-state index contributed by atoms with van der Waals surface area (Å²) in [6, 6.07) is 20.5. The predicted molar refractivity (Wildman–Crippen MR) is 111 cm³/mol. The van der Waals surface area contributed by atoms with Crippen LogP contribution < -0.4 is 5.48 Å². The van der Waals surface area contributed by atoms with Crippen molar-refractivity contribution >= 4 is 17.5 Å². The standard InChI is InChI=1S/C24H20FN3O3/c1-31-26-19-6-4-5-17(15-19)24-21-8-3-2-7-20(21)23(30)28(24)14-13-27(24)22(29)16-9-11-18(25)12-10-16/h2-12,15,26H,13-14H2,1H3/p+1. The highest BCUT2D eigenvalue weighted by atomic mass is 19.1. The average molecular weight is 418 g/mol. The third kappa shape index (κ3) is 2.78. The van der Waals surface area contributed by atoms with Gasteiger partial charge in [-0.1, -0.05) is 30.3 Å². The monoisotopic (exact) mass is 418 g/mol. The summed E-state index contributed by atoms with van der Waals surface area (Å²) in [5, 5.41) is 0. The first kappa shape index (κ1) is 19.4. The van der Waals surface area contributed by atoms with Crippen LogP contribution in [0.4, 0.5) is 10.1 Å². The number of fused-ring (bicyclic) bond motifs is 3. The minimum Gasteiger partial charge on any atom is -0.306 e. The molecule has 6 nitrogen and oxygen atoms in total. The third-order valence-corrected chi connectivity index (χ3v) is 5.99. The van der Waals surface area contributed by atoms with Gasteiger partial charge in [-0.15, -0.1) is 0 Å². The van der Waals surface area contributed by atoms with Crippen molar-refractivity contribution in [3.05, 3.63) is 101 Å². The van der Waals surface area contributed by atoms with Crippen molar-refractivity contribution in [2.24, 2.45) is 0 Å². The van der Waals surface area contributed by atoms with Gasteiger partial charge in [-0.25, -0.2) is 9.23 Å². The third-order valence-electron chi connectivity index (χ3n) is 5.99. The molecule has 1 fully saturated rings. The minimum atomic E-state index is -1.07. The second-order valence-corrected chi connectivity index (χ2v) is 7.62. The maximum Gasteiger partial charge on any atom is 0.256 e. The fraction of sp³-hybridized carbons (Fsp3) is 0.167. The van der Waals surface area contributed by atoms with E-state index in [1.807, 2.05) is 42.5 Å². The largest absolute Gasteiger partial charge is 0.306 e. The van der Waals surface area contributed by atoms with E-state index in [1.165, 1.54) is 24.3 Å². The van der Waals surface area contributed by atoms with E-state index in [0.29, 0.717) is 24.2 Å². The number of benzene rings is 3. The number of halogens is 1. The molecule has 2 amide bonds. The van der Waals surface area contributed by atoms with Crippen molar-refractivity contribution in [3.8, 4) is 0 Å². The van der Waals surface area contributed by atoms with Gasteiger partial charge in [-0.05, 0) is 30.3 Å². The summed E-state index contributed by atoms with van der Waals surface area (Å²) in [6.45, 7) is 0.771. The number of amides is 2. The van der Waals surface area contributed by atoms with E-state index >= 15 is 0 Å². The molecule has 0 aliphatic carbocycles. The molecule has 2 N–H and O–H groups in total. The molecule has 0 radical (unpaired) electrons. The molecule has 0 saturated carbocycles. The van der Waals surface area contributed by atoms with Crippen molar-refractivity contribution < 1.29 is 24.3 Å². The number of rotatable bonds is 4. The van der Waals surface area contributed by atoms with Crippen molar-refractivity contribution in [1.82, 2.24) is 9.80 Å². The molecule has 2 heterocycles. The molecule has 0 bridgehead atoms. The summed E-state index contributed by atoms with van der Waals surface area (Å²) in [5.41, 5.74) is 3.89. The zero-order valence-electron chi connectivity index (χ0n) is 16.9. The van der Waals surface area contributed by atoms with Gasteiger partial charge in [0, 0.05) is 47.5 Å². The summed E-state index contributed by atoms with van der Waals surface area (Å²) in [5.74, 6) is -0.766. The SMILES string of the molecule is CO[NH2+]c1cccc(C23c4ccccc4C(=O)N2CCN3C(=O)c2ccc(F)cc2)c1. The van der Waals surface area contributed by atoms with Crippen LogP contribution in [0, 0.1) is 5.82 Å². The molecular weight excluding hydrogens is 397 g/mol. The fourth-order valence-corrected chi connectivity index (χ4v) is 4.76. The molecule has 0 aromatic heterocycles. The zero-order valence-corrected chi connectivity index (χ0v) is 16.9. The van der Waals surface area contributed by atoms with Crippen LogP contribution in [0.25, 0.3) is 0 Å². The van der Waals surface area contributed by atoms with Crippen LogP contribution in [-0.2, 0) is 10.5 Å². The van der Waals surface area contributed by atoms with Crippen LogP contribution in [0.1, 0.15) is 31.8 Å². The van der Waals surface area contributed by atoms with Gasteiger partial charge in [0.25, 0.3) is 11.8 Å². The van der Waals surface area contributed by atoms with Gasteiger partial charge in [0.1, 0.15) is 5.82 Å². The molecule has 3 aromatic rings. The second-order valence-electron chi connectivity index (χ2n) is 7.62. The Morgan fingerprint density at radius 2 is 1.81 bits per heavy atom. The van der Waals surface area contributed by atoms with E-state index in [9.17, 15) is 14.0 Å². The van der Waals surface area contributed by atoms with Crippen LogP contribution in [0.2, 0.25) is 0 Å². The van der Waals surface area contributed by atoms with E-state index in [1.54, 1.807) is 28.5 Å². The summed E-state index contributed by atoms with van der Waals surface area (Å²) in [4.78, 5) is 35.6. The Morgan fingerprint density at radius 1 is 1.03 bits per heavy atom. The molecule has 2 aliphatic rings. The Hall–Kier alpha value is -3.55. The highest BCUT2D eigenvalue weighted by Crippen LogP contribution is 2.50. The molecule has 31 heavy (non-hydrogen) atoms. The molecule has 2 aliphatic heterocycles. The summed E-state index contributed by atoms with van der Waals surface area (Å²) in [7, 11) is 1.57. The van der Waals surface area contributed by atoms with Gasteiger partial charge in [-0.3, -0.25) is 9.59 Å². The van der Waals surface area contributed by atoms with Gasteiger partial charge < -0.3 is 9.80 Å². The number of carbonyl (C=O) groups excluding carboxylic acids is 2. The lowest BCUT2D eigenvalue weighted by atomic mass is 9.89. The highest BCUT2D eigenvalue weighted by Gasteiger charge is 2.59. The van der Waals surface area contributed by atoms with Crippen LogP contribution in [0.5, 0.6) is 0 Å². The molecule has 3 aromatic carbocycles. The molecular formula is C24H21FN3O3+. The van der Waals surface area contributed by atoms with Crippen molar-refractivity contribution in [2.45, 2.75) is 5.66 Å². The quantitative estimate of drug-likeness (QED) is 0.523. The van der Waals surface area contributed by atoms with Crippen LogP contribution >= 0.6 is 0 Å². The Morgan fingerprint density at radius 3 is 2.58 bits per heavy atom. The van der Waals surface area contributed by atoms with Gasteiger partial charge in [0.2, 0.25) is 0 Å². The molecule has 156 valence electrons. The Labute approximate surface area is 178 Å². The second kappa shape index (κ2) is 7.30. The molecule has 5 rings (SSSR count). The van der Waals surface area contributed by atoms with E-state index < -0.39 is 11.5 Å². The first-order chi connectivity index (χ1) is 15.1. The fourth-order valence-electron chi connectivity index (χ4n) is 4.76. The first-order valence-electron chi connectivity index (χ1n) is 10.0. The minimum absolute atomic E-state index is 0.105. The molecule has 0 spiro atoms. The smallest absolute Gasteiger partial charge is 0.256 e. The number of carbonyl (C=O) groups is 2. The summed E-state index contributed by atoms with van der Waals surface area (Å²) >= 11 is 0. The Bertz CT molecular complexity index is 1180. The number of hydrogen-bond donors (Lipinski definition) is 1. The predicted octanol–water partition coefficient (Wildman–Crippen LogP) is 2.39. The van der Waals surface area contributed by atoms with Crippen LogP contribution in [0.15, 0.2) is 72.8 Å². The maximum absolute atomic E-state index is 13.6. The number of hydrogen-bond acceptors (Lipinski definition) is 3. The molecule has 1 atom stereocenters. The first-order valence-corrected chi connectivity index (χ1v) is 10.0. The van der Waals surface area contributed by atoms with E-state index in [-0.39, 0.29) is 11.8 Å². The number of nitrogens with zero attached hydrogens (tertiary/aromatic N) is 2.